The molecule has 1 aliphatic carbocycles. The fraction of sp³-hybridized carbons (Fsp3) is 0.552. The number of halogens is 1. The maximum absolute atomic E-state index is 14.4. The highest BCUT2D eigenvalue weighted by atomic mass is 19.1. The van der Waals surface area contributed by atoms with Crippen LogP contribution in [-0.4, -0.2) is 65.1 Å². The van der Waals surface area contributed by atoms with Gasteiger partial charge in [0.25, 0.3) is 0 Å². The summed E-state index contributed by atoms with van der Waals surface area (Å²) < 4.78 is 19.5. The molecule has 0 spiro atoms. The Morgan fingerprint density at radius 2 is 1.74 bits per heavy atom. The number of aromatic nitrogens is 1. The van der Waals surface area contributed by atoms with Crippen LogP contribution in [0.5, 0.6) is 0 Å². The zero-order valence-corrected chi connectivity index (χ0v) is 22.7. The third-order valence-electron chi connectivity index (χ3n) is 7.09. The predicted molar refractivity (Wildman–Crippen MR) is 146 cm³/mol. The molecule has 0 radical (unpaired) electrons. The highest BCUT2D eigenvalue weighted by molar-refractivity contribution is 5.82. The molecule has 2 heterocycles. The van der Waals surface area contributed by atoms with Gasteiger partial charge >= 0.3 is 6.09 Å². The first-order chi connectivity index (χ1) is 18.2. The number of amides is 2. The number of nitrogens with two attached hydrogens (primary N) is 1. The van der Waals surface area contributed by atoms with Crippen molar-refractivity contribution in [2.24, 2.45) is 5.73 Å². The number of hydrogen-bond donors (Lipinski definition) is 2. The molecule has 9 heteroatoms. The number of carbonyl (C=O) groups is 2. The van der Waals surface area contributed by atoms with Crippen LogP contribution in [0.2, 0.25) is 0 Å². The Bertz CT molecular complexity index is 1100. The van der Waals surface area contributed by atoms with Gasteiger partial charge < -0.3 is 25.3 Å². The van der Waals surface area contributed by atoms with E-state index in [1.165, 1.54) is 31.4 Å². The van der Waals surface area contributed by atoms with Crippen LogP contribution in [0.3, 0.4) is 0 Å². The molecule has 0 bridgehead atoms. The van der Waals surface area contributed by atoms with Gasteiger partial charge in [-0.2, -0.15) is 0 Å². The van der Waals surface area contributed by atoms with Gasteiger partial charge in [-0.1, -0.05) is 31.4 Å². The Kier molecular flexibility index (Phi) is 10.9. The molecule has 2 aliphatic rings. The predicted octanol–water partition coefficient (Wildman–Crippen LogP) is 4.47. The van der Waals surface area contributed by atoms with Crippen molar-refractivity contribution in [3.05, 3.63) is 58.3 Å². The van der Waals surface area contributed by atoms with Crippen LogP contribution in [0.25, 0.3) is 11.1 Å². The Balaban J connectivity index is 0.000000244. The van der Waals surface area contributed by atoms with Gasteiger partial charge in [-0.15, -0.1) is 0 Å². The fourth-order valence-electron chi connectivity index (χ4n) is 4.88. The summed E-state index contributed by atoms with van der Waals surface area (Å²) in [5.74, 6) is -0.514. The average molecular weight is 529 g/mol. The molecule has 208 valence electrons. The topological polar surface area (TPSA) is 109 Å². The van der Waals surface area contributed by atoms with E-state index < -0.39 is 11.9 Å². The molecule has 38 heavy (non-hydrogen) atoms. The number of carbonyl (C=O) groups excluding carboxylic acids is 2. The van der Waals surface area contributed by atoms with Crippen molar-refractivity contribution in [2.45, 2.75) is 83.4 Å². The number of nitrogens with zero attached hydrogens (tertiary/aromatic N) is 2. The van der Waals surface area contributed by atoms with E-state index in [1.54, 1.807) is 34.2 Å². The molecule has 8 nitrogen and oxygen atoms in total. The molecule has 1 saturated heterocycles. The van der Waals surface area contributed by atoms with E-state index in [2.05, 4.69) is 4.98 Å². The Labute approximate surface area is 224 Å². The fourth-order valence-corrected chi connectivity index (χ4v) is 4.88. The summed E-state index contributed by atoms with van der Waals surface area (Å²) in [5, 5.41) is 0. The summed E-state index contributed by atoms with van der Waals surface area (Å²) in [5.41, 5.74) is 7.56. The van der Waals surface area contributed by atoms with E-state index in [9.17, 15) is 18.8 Å². The summed E-state index contributed by atoms with van der Waals surface area (Å²) in [6, 6.07) is 7.51. The minimum atomic E-state index is -0.725. The van der Waals surface area contributed by atoms with Crippen LogP contribution in [0.1, 0.15) is 64.4 Å². The maximum atomic E-state index is 14.4. The smallest absolute Gasteiger partial charge is 0.410 e. The molecule has 3 N–H and O–H groups in total. The monoisotopic (exact) mass is 528 g/mol. The van der Waals surface area contributed by atoms with Gasteiger partial charge in [0.1, 0.15) is 5.82 Å². The van der Waals surface area contributed by atoms with Crippen LogP contribution in [0.4, 0.5) is 9.18 Å². The lowest BCUT2D eigenvalue weighted by molar-refractivity contribution is -0.131. The summed E-state index contributed by atoms with van der Waals surface area (Å²) >= 11 is 0. The summed E-state index contributed by atoms with van der Waals surface area (Å²) in [7, 11) is 1.85. The largest absolute Gasteiger partial charge is 0.447 e. The number of nitrogens with one attached hydrogen (secondary N) is 1. The maximum Gasteiger partial charge on any atom is 0.410 e. The van der Waals surface area contributed by atoms with E-state index >= 15 is 0 Å². The van der Waals surface area contributed by atoms with E-state index in [-0.39, 0.29) is 30.1 Å². The minimum Gasteiger partial charge on any atom is -0.447 e. The Morgan fingerprint density at radius 3 is 2.32 bits per heavy atom. The van der Waals surface area contributed by atoms with Crippen molar-refractivity contribution >= 4 is 12.0 Å². The van der Waals surface area contributed by atoms with Crippen molar-refractivity contribution in [2.75, 3.05) is 20.1 Å². The lowest BCUT2D eigenvalue weighted by Crippen LogP contribution is -2.43. The van der Waals surface area contributed by atoms with Crippen LogP contribution in [0.15, 0.2) is 41.3 Å². The van der Waals surface area contributed by atoms with Crippen molar-refractivity contribution in [1.82, 2.24) is 14.8 Å². The molecule has 2 fully saturated rings. The van der Waals surface area contributed by atoms with Gasteiger partial charge in [-0.05, 0) is 74.8 Å². The number of ether oxygens (including phenoxy) is 1. The first kappa shape index (κ1) is 29.4. The van der Waals surface area contributed by atoms with Crippen LogP contribution >= 0.6 is 0 Å². The number of rotatable bonds is 6. The van der Waals surface area contributed by atoms with Crippen LogP contribution in [-0.2, 0) is 16.0 Å². The molecule has 1 aromatic carbocycles. The zero-order chi connectivity index (χ0) is 27.7. The first-order valence-corrected chi connectivity index (χ1v) is 13.6. The van der Waals surface area contributed by atoms with Crippen molar-refractivity contribution in [3.8, 4) is 11.1 Å². The molecule has 2 amide bonds. The number of benzene rings is 1. The quantitative estimate of drug-likeness (QED) is 0.575. The molecular weight excluding hydrogens is 487 g/mol. The summed E-state index contributed by atoms with van der Waals surface area (Å²) in [4.78, 5) is 40.9. The van der Waals surface area contributed by atoms with Gasteiger partial charge in [0.2, 0.25) is 11.5 Å². The summed E-state index contributed by atoms with van der Waals surface area (Å²) in [6.07, 6.45) is 9.57. The molecular formula is C29H41FN4O4. The number of H-pyrrole nitrogens is 1. The second-order valence-electron chi connectivity index (χ2n) is 10.4. The highest BCUT2D eigenvalue weighted by Gasteiger charge is 2.25. The van der Waals surface area contributed by atoms with Gasteiger partial charge in [0.05, 0.1) is 12.1 Å². The summed E-state index contributed by atoms with van der Waals surface area (Å²) in [6.45, 7) is 5.24. The Morgan fingerprint density at radius 1 is 1.08 bits per heavy atom. The second-order valence-corrected chi connectivity index (χ2v) is 10.4. The average Bonchev–Trinajstić information content (AvgIpc) is 3.45. The number of aromatic amines is 1. The van der Waals surface area contributed by atoms with Crippen molar-refractivity contribution in [3.63, 3.8) is 0 Å². The van der Waals surface area contributed by atoms with Gasteiger partial charge in [0, 0.05) is 38.4 Å². The standard InChI is InChI=1S/C18H20FN3O2.C11H21NO2/c19-15-9-12(14-5-6-17(23)21-11-14)3-4-13(15)10-16(20)18(24)22-7-1-2-8-22;1-9(2)14-11(13)12(3)10-7-5-4-6-8-10/h3-6,9,11,16H,1-2,7-8,10,20H2,(H,21,23);9-10H,4-8H2,1-3H3. The lowest BCUT2D eigenvalue weighted by atomic mass is 9.95. The van der Waals surface area contributed by atoms with E-state index in [0.29, 0.717) is 17.2 Å². The zero-order valence-electron chi connectivity index (χ0n) is 22.7. The van der Waals surface area contributed by atoms with Crippen LogP contribution < -0.4 is 11.3 Å². The van der Waals surface area contributed by atoms with Crippen LogP contribution in [0, 0.1) is 5.82 Å². The van der Waals surface area contributed by atoms with E-state index in [1.807, 2.05) is 20.9 Å². The first-order valence-electron chi connectivity index (χ1n) is 13.6. The Hall–Kier alpha value is -3.20. The number of hydrogen-bond acceptors (Lipinski definition) is 5. The van der Waals surface area contributed by atoms with Gasteiger partial charge in [-0.25, -0.2) is 9.18 Å². The minimum absolute atomic E-state index is 0.0199. The molecule has 1 aromatic heterocycles. The normalized spacial score (nSPS) is 16.5. The third-order valence-corrected chi connectivity index (χ3v) is 7.09. The molecule has 1 atom stereocenters. The number of likely N-dealkylation sites (tertiary alicyclic amines) is 1. The molecule has 2 aromatic rings. The van der Waals surface area contributed by atoms with E-state index in [0.717, 1.165) is 44.3 Å². The van der Waals surface area contributed by atoms with Crippen molar-refractivity contribution < 1.29 is 18.7 Å². The molecule has 1 saturated carbocycles. The van der Waals surface area contributed by atoms with Crippen molar-refractivity contribution in [1.29, 1.82) is 0 Å². The number of pyridine rings is 1. The third kappa shape index (κ3) is 8.41. The highest BCUT2D eigenvalue weighted by Crippen LogP contribution is 2.23. The molecule has 4 rings (SSSR count). The van der Waals surface area contributed by atoms with Gasteiger partial charge in [0.15, 0.2) is 0 Å². The molecule has 1 aliphatic heterocycles. The second kappa shape index (κ2) is 14.1. The van der Waals surface area contributed by atoms with E-state index in [4.69, 9.17) is 10.5 Å². The molecule has 1 unspecified atom stereocenters. The van der Waals surface area contributed by atoms with Gasteiger partial charge in [-0.3, -0.25) is 9.59 Å². The lowest BCUT2D eigenvalue weighted by Gasteiger charge is -2.30. The SMILES string of the molecule is CC(C)OC(=O)N(C)C1CCCCC1.NC(Cc1ccc(-c2ccc(=O)[nH]c2)cc1F)C(=O)N1CCCC1.